The van der Waals surface area contributed by atoms with Crippen molar-refractivity contribution in [3.05, 3.63) is 34.9 Å². The van der Waals surface area contributed by atoms with Crippen LogP contribution in [-0.2, 0) is 6.18 Å². The summed E-state index contributed by atoms with van der Waals surface area (Å²) in [7, 11) is 0. The third-order valence-electron chi connectivity index (χ3n) is 3.98. The molecule has 4 heteroatoms. The van der Waals surface area contributed by atoms with Crippen LogP contribution in [-0.4, -0.2) is 11.2 Å². The summed E-state index contributed by atoms with van der Waals surface area (Å²) < 4.78 is 37.9. The van der Waals surface area contributed by atoms with Crippen molar-refractivity contribution in [3.8, 4) is 0 Å². The molecule has 0 spiro atoms. The van der Waals surface area contributed by atoms with Crippen molar-refractivity contribution in [3.63, 3.8) is 0 Å². The molecule has 0 amide bonds. The molecular weight excluding hydrogens is 253 g/mol. The molecule has 106 valence electrons. The second kappa shape index (κ2) is 5.53. The van der Waals surface area contributed by atoms with Crippen LogP contribution in [0.25, 0.3) is 0 Å². The van der Waals surface area contributed by atoms with Crippen LogP contribution in [0.2, 0.25) is 0 Å². The smallest absolute Gasteiger partial charge is 0.392 e. The Kier molecular flexibility index (Phi) is 4.19. The van der Waals surface area contributed by atoms with Crippen LogP contribution >= 0.6 is 0 Å². The van der Waals surface area contributed by atoms with Gasteiger partial charge in [-0.15, -0.1) is 0 Å². The number of hydrogen-bond donors (Lipinski definition) is 1. The lowest BCUT2D eigenvalue weighted by Gasteiger charge is -2.23. The molecular formula is C15H19F3O. The predicted octanol–water partition coefficient (Wildman–Crippen LogP) is 4.42. The fourth-order valence-corrected chi connectivity index (χ4v) is 2.92. The Morgan fingerprint density at radius 2 is 1.79 bits per heavy atom. The monoisotopic (exact) mass is 272 g/mol. The fraction of sp³-hybridized carbons (Fsp3) is 0.600. The van der Waals surface area contributed by atoms with Crippen LogP contribution in [0, 0.1) is 6.92 Å². The number of rotatable bonds is 1. The van der Waals surface area contributed by atoms with Gasteiger partial charge in [0.25, 0.3) is 0 Å². The minimum absolute atomic E-state index is 0.0233. The van der Waals surface area contributed by atoms with Crippen molar-refractivity contribution in [1.82, 2.24) is 0 Å². The zero-order valence-electron chi connectivity index (χ0n) is 11.0. The van der Waals surface area contributed by atoms with Crippen LogP contribution in [0.4, 0.5) is 13.2 Å². The lowest BCUT2D eigenvalue weighted by molar-refractivity contribution is -0.137. The molecule has 0 aliphatic heterocycles. The van der Waals surface area contributed by atoms with Gasteiger partial charge in [0, 0.05) is 5.92 Å². The van der Waals surface area contributed by atoms with Crippen molar-refractivity contribution < 1.29 is 18.3 Å². The maximum Gasteiger partial charge on any atom is 0.416 e. The van der Waals surface area contributed by atoms with Gasteiger partial charge < -0.3 is 5.11 Å². The molecule has 1 aliphatic carbocycles. The predicted molar refractivity (Wildman–Crippen MR) is 68.0 cm³/mol. The average molecular weight is 272 g/mol. The van der Waals surface area contributed by atoms with Gasteiger partial charge in [-0.25, -0.2) is 0 Å². The first kappa shape index (κ1) is 14.4. The molecule has 1 aromatic rings. The van der Waals surface area contributed by atoms with Gasteiger partial charge in [0.2, 0.25) is 0 Å². The molecule has 2 atom stereocenters. The second-order valence-corrected chi connectivity index (χ2v) is 5.38. The number of aryl methyl sites for hydroxylation is 1. The Bertz CT molecular complexity index is 440. The second-order valence-electron chi connectivity index (χ2n) is 5.38. The van der Waals surface area contributed by atoms with Crippen LogP contribution < -0.4 is 0 Å². The molecule has 1 nitrogen and oxygen atoms in total. The van der Waals surface area contributed by atoms with E-state index in [1.807, 2.05) is 0 Å². The maximum atomic E-state index is 12.6. The first-order chi connectivity index (χ1) is 8.89. The van der Waals surface area contributed by atoms with Gasteiger partial charge in [-0.1, -0.05) is 25.3 Å². The summed E-state index contributed by atoms with van der Waals surface area (Å²) in [6.45, 7) is 1.70. The summed E-state index contributed by atoms with van der Waals surface area (Å²) in [6, 6.07) is 3.85. The van der Waals surface area contributed by atoms with Crippen LogP contribution in [0.1, 0.15) is 54.7 Å². The summed E-state index contributed by atoms with van der Waals surface area (Å²) in [6.07, 6.45) is -0.0191. The molecule has 1 N–H and O–H groups in total. The quantitative estimate of drug-likeness (QED) is 0.750. The van der Waals surface area contributed by atoms with E-state index in [2.05, 4.69) is 0 Å². The Labute approximate surface area is 111 Å². The minimum atomic E-state index is -4.30. The lowest BCUT2D eigenvalue weighted by atomic mass is 9.86. The minimum Gasteiger partial charge on any atom is -0.392 e. The number of alkyl halides is 3. The molecule has 2 rings (SSSR count). The highest BCUT2D eigenvalue weighted by molar-refractivity contribution is 5.35. The van der Waals surface area contributed by atoms with Gasteiger partial charge in [0.1, 0.15) is 0 Å². The van der Waals surface area contributed by atoms with Crippen molar-refractivity contribution in [2.24, 2.45) is 0 Å². The van der Waals surface area contributed by atoms with Gasteiger partial charge in [0.15, 0.2) is 0 Å². The molecule has 1 aliphatic rings. The summed E-state index contributed by atoms with van der Waals surface area (Å²) in [4.78, 5) is 0. The zero-order chi connectivity index (χ0) is 14.0. The Hall–Kier alpha value is -1.03. The van der Waals surface area contributed by atoms with E-state index in [-0.39, 0.29) is 5.92 Å². The van der Waals surface area contributed by atoms with E-state index in [9.17, 15) is 18.3 Å². The van der Waals surface area contributed by atoms with Gasteiger partial charge in [-0.05, 0) is 43.0 Å². The first-order valence-electron chi connectivity index (χ1n) is 6.75. The van der Waals surface area contributed by atoms with Crippen molar-refractivity contribution in [1.29, 1.82) is 0 Å². The van der Waals surface area contributed by atoms with Crippen LogP contribution in [0.15, 0.2) is 18.2 Å². The third-order valence-corrected chi connectivity index (χ3v) is 3.98. The van der Waals surface area contributed by atoms with Gasteiger partial charge in [0.05, 0.1) is 11.7 Å². The summed E-state index contributed by atoms with van der Waals surface area (Å²) in [5.74, 6) is -0.0233. The van der Waals surface area contributed by atoms with Crippen molar-refractivity contribution in [2.45, 2.75) is 57.2 Å². The SMILES string of the molecule is Cc1cc(C(F)(F)F)ccc1C1CCCCCC1O. The molecule has 0 heterocycles. The lowest BCUT2D eigenvalue weighted by Crippen LogP contribution is -2.18. The third kappa shape index (κ3) is 3.30. The maximum absolute atomic E-state index is 12.6. The molecule has 0 aromatic heterocycles. The molecule has 0 saturated heterocycles. The zero-order valence-corrected chi connectivity index (χ0v) is 11.0. The van der Waals surface area contributed by atoms with Crippen molar-refractivity contribution in [2.75, 3.05) is 0 Å². The fourth-order valence-electron chi connectivity index (χ4n) is 2.92. The Morgan fingerprint density at radius 1 is 1.11 bits per heavy atom. The number of aliphatic hydroxyl groups is 1. The van der Waals surface area contributed by atoms with Gasteiger partial charge in [-0.3, -0.25) is 0 Å². The molecule has 1 aromatic carbocycles. The normalized spacial score (nSPS) is 25.1. The van der Waals surface area contributed by atoms with Crippen LogP contribution in [0.5, 0.6) is 0 Å². The number of halogens is 3. The summed E-state index contributed by atoms with van der Waals surface area (Å²) >= 11 is 0. The molecule has 1 saturated carbocycles. The molecule has 0 radical (unpaired) electrons. The van der Waals surface area contributed by atoms with Gasteiger partial charge in [-0.2, -0.15) is 13.2 Å². The standard InChI is InChI=1S/C15H19F3O/c1-10-9-11(15(16,17)18)7-8-12(10)13-5-3-2-4-6-14(13)19/h7-9,13-14,19H,2-6H2,1H3. The summed E-state index contributed by atoms with van der Waals surface area (Å²) in [5.41, 5.74) is 0.875. The number of aliphatic hydroxyl groups excluding tert-OH is 1. The van der Waals surface area contributed by atoms with E-state index in [1.165, 1.54) is 12.1 Å². The largest absolute Gasteiger partial charge is 0.416 e. The Balaban J connectivity index is 2.29. The van der Waals surface area contributed by atoms with E-state index < -0.39 is 17.8 Å². The first-order valence-corrected chi connectivity index (χ1v) is 6.75. The average Bonchev–Trinajstić information content (AvgIpc) is 2.53. The molecule has 1 fully saturated rings. The number of hydrogen-bond acceptors (Lipinski definition) is 1. The highest BCUT2D eigenvalue weighted by atomic mass is 19.4. The van der Waals surface area contributed by atoms with E-state index in [1.54, 1.807) is 6.92 Å². The highest BCUT2D eigenvalue weighted by Gasteiger charge is 2.32. The highest BCUT2D eigenvalue weighted by Crippen LogP contribution is 2.36. The molecule has 0 bridgehead atoms. The Morgan fingerprint density at radius 3 is 2.42 bits per heavy atom. The summed E-state index contributed by atoms with van der Waals surface area (Å²) in [5, 5.41) is 10.1. The van der Waals surface area contributed by atoms with E-state index >= 15 is 0 Å². The molecule has 19 heavy (non-hydrogen) atoms. The topological polar surface area (TPSA) is 20.2 Å². The van der Waals surface area contributed by atoms with E-state index in [0.29, 0.717) is 5.56 Å². The number of benzene rings is 1. The van der Waals surface area contributed by atoms with Gasteiger partial charge >= 0.3 is 6.18 Å². The van der Waals surface area contributed by atoms with E-state index in [0.717, 1.165) is 43.7 Å². The van der Waals surface area contributed by atoms with Crippen LogP contribution in [0.3, 0.4) is 0 Å². The van der Waals surface area contributed by atoms with Crippen molar-refractivity contribution >= 4 is 0 Å². The van der Waals surface area contributed by atoms with E-state index in [4.69, 9.17) is 0 Å². The molecule has 2 unspecified atom stereocenters.